The molecule has 0 spiro atoms. The van der Waals surface area contributed by atoms with Crippen molar-refractivity contribution in [2.75, 3.05) is 0 Å². The topological polar surface area (TPSA) is 8.81 Å². The maximum atomic E-state index is 2.61. The lowest BCUT2D eigenvalue weighted by Crippen LogP contribution is -2.37. The van der Waals surface area contributed by atoms with Crippen molar-refractivity contribution in [3.8, 4) is 0 Å². The van der Waals surface area contributed by atoms with Gasteiger partial charge in [-0.15, -0.1) is 0 Å². The Morgan fingerprint density at radius 2 is 0.861 bits per heavy atom. The number of hydrogen-bond acceptors (Lipinski definition) is 0. The lowest BCUT2D eigenvalue weighted by Gasteiger charge is -2.07. The zero-order chi connectivity index (χ0) is 25.9. The molecule has 1 aromatic heterocycles. The molecule has 2 nitrogen and oxygen atoms in total. The van der Waals surface area contributed by atoms with Crippen LogP contribution >= 0.6 is 0 Å². The lowest BCUT2D eigenvalue weighted by atomic mass is 10.0. The zero-order valence-electron chi connectivity index (χ0n) is 25.3. The van der Waals surface area contributed by atoms with Gasteiger partial charge in [0.1, 0.15) is 12.4 Å². The van der Waals surface area contributed by atoms with Gasteiger partial charge in [-0.05, 0) is 32.1 Å². The minimum Gasteiger partial charge on any atom is -0.234 e. The molecular weight excluding hydrogens is 436 g/mol. The van der Waals surface area contributed by atoms with Gasteiger partial charge in [-0.2, -0.15) is 0 Å². The zero-order valence-corrected chi connectivity index (χ0v) is 25.3. The Balaban J connectivity index is 2.31. The summed E-state index contributed by atoms with van der Waals surface area (Å²) in [5, 5.41) is 0. The second-order valence-electron chi connectivity index (χ2n) is 11.6. The van der Waals surface area contributed by atoms with E-state index in [2.05, 4.69) is 42.3 Å². The predicted molar refractivity (Wildman–Crippen MR) is 161 cm³/mol. The third-order valence-electron chi connectivity index (χ3n) is 8.10. The molecule has 1 rings (SSSR count). The standard InChI is InChI=1S/C34H67N2/c1-4-7-10-13-16-17-18-19-20-21-23-26-29-34-35(30-27-24-15-12-9-6-3)32-33-36(34)31-28-25-22-14-11-8-5-2/h32-33H,4-31H2,1-3H3/q+1. The van der Waals surface area contributed by atoms with Gasteiger partial charge in [-0.1, -0.05) is 149 Å². The third kappa shape index (κ3) is 18.5. The molecule has 0 fully saturated rings. The van der Waals surface area contributed by atoms with Crippen LogP contribution in [0.4, 0.5) is 0 Å². The molecule has 0 atom stereocenters. The fourth-order valence-corrected chi connectivity index (χ4v) is 5.62. The van der Waals surface area contributed by atoms with Crippen molar-refractivity contribution >= 4 is 0 Å². The first-order valence-corrected chi connectivity index (χ1v) is 16.9. The lowest BCUT2D eigenvalue weighted by molar-refractivity contribution is -0.704. The first kappa shape index (κ1) is 33.2. The molecule has 0 unspecified atom stereocenters. The second-order valence-corrected chi connectivity index (χ2v) is 11.6. The van der Waals surface area contributed by atoms with Crippen molar-refractivity contribution < 1.29 is 4.57 Å². The fourth-order valence-electron chi connectivity index (χ4n) is 5.62. The number of unbranched alkanes of at least 4 members (excludes halogenated alkanes) is 22. The maximum Gasteiger partial charge on any atom is 0.256 e. The van der Waals surface area contributed by atoms with E-state index in [1.165, 1.54) is 180 Å². The summed E-state index contributed by atoms with van der Waals surface area (Å²) in [5.74, 6) is 1.61. The highest BCUT2D eigenvalue weighted by Crippen LogP contribution is 2.14. The molecule has 0 saturated heterocycles. The Bertz CT molecular complexity index is 562. The largest absolute Gasteiger partial charge is 0.256 e. The van der Waals surface area contributed by atoms with Gasteiger partial charge in [0.15, 0.2) is 0 Å². The van der Waals surface area contributed by atoms with E-state index in [0.29, 0.717) is 0 Å². The molecule has 36 heavy (non-hydrogen) atoms. The number of aromatic nitrogens is 2. The maximum absolute atomic E-state index is 2.61. The molecule has 2 heteroatoms. The van der Waals surface area contributed by atoms with Gasteiger partial charge in [0.25, 0.3) is 5.82 Å². The van der Waals surface area contributed by atoms with E-state index in [-0.39, 0.29) is 0 Å². The number of imidazole rings is 1. The van der Waals surface area contributed by atoms with Crippen LogP contribution in [0.1, 0.15) is 187 Å². The van der Waals surface area contributed by atoms with Crippen molar-refractivity contribution in [2.24, 2.45) is 0 Å². The summed E-state index contributed by atoms with van der Waals surface area (Å²) < 4.78 is 5.22. The van der Waals surface area contributed by atoms with Crippen LogP contribution in [-0.2, 0) is 19.5 Å². The van der Waals surface area contributed by atoms with Gasteiger partial charge >= 0.3 is 0 Å². The van der Waals surface area contributed by atoms with Crippen LogP contribution in [-0.4, -0.2) is 4.57 Å². The molecule has 0 radical (unpaired) electrons. The Morgan fingerprint density at radius 3 is 1.33 bits per heavy atom. The van der Waals surface area contributed by atoms with Gasteiger partial charge in [0.2, 0.25) is 0 Å². The summed E-state index contributed by atoms with van der Waals surface area (Å²) in [4.78, 5) is 0. The van der Waals surface area contributed by atoms with E-state index >= 15 is 0 Å². The first-order chi connectivity index (χ1) is 17.8. The number of aryl methyl sites for hydroxylation is 2. The molecule has 0 aromatic carbocycles. The normalized spacial score (nSPS) is 11.5. The van der Waals surface area contributed by atoms with E-state index in [1.54, 1.807) is 5.82 Å². The summed E-state index contributed by atoms with van der Waals surface area (Å²) in [5.41, 5.74) is 0. The van der Waals surface area contributed by atoms with Crippen molar-refractivity contribution in [3.63, 3.8) is 0 Å². The van der Waals surface area contributed by atoms with Gasteiger partial charge in [-0.3, -0.25) is 0 Å². The van der Waals surface area contributed by atoms with E-state index in [1.807, 2.05) is 0 Å². The highest BCUT2D eigenvalue weighted by molar-refractivity contribution is 4.84. The average Bonchev–Trinajstić information content (AvgIpc) is 3.27. The molecule has 0 amide bonds. The van der Waals surface area contributed by atoms with E-state index in [4.69, 9.17) is 0 Å². The monoisotopic (exact) mass is 504 g/mol. The van der Waals surface area contributed by atoms with E-state index in [0.717, 1.165) is 0 Å². The summed E-state index contributed by atoms with van der Waals surface area (Å²) in [6.45, 7) is 9.38. The SMILES string of the molecule is CCCCCCCCCCCCCCc1n(CCCCCCCC)cc[n+]1CCCCCCCCC. The van der Waals surface area contributed by atoms with Gasteiger partial charge in [0, 0.05) is 6.42 Å². The molecular formula is C34H67N2+. The molecule has 0 aliphatic carbocycles. The van der Waals surface area contributed by atoms with Crippen molar-refractivity contribution in [1.82, 2.24) is 4.57 Å². The Kier molecular flexibility index (Phi) is 23.9. The van der Waals surface area contributed by atoms with Crippen LogP contribution in [0.25, 0.3) is 0 Å². The molecule has 212 valence electrons. The number of rotatable bonds is 28. The van der Waals surface area contributed by atoms with E-state index < -0.39 is 0 Å². The average molecular weight is 504 g/mol. The number of nitrogens with zero attached hydrogens (tertiary/aromatic N) is 2. The summed E-state index contributed by atoms with van der Waals surface area (Å²) >= 11 is 0. The molecule has 0 aliphatic rings. The van der Waals surface area contributed by atoms with Crippen LogP contribution in [0.5, 0.6) is 0 Å². The molecule has 0 N–H and O–H groups in total. The van der Waals surface area contributed by atoms with Crippen molar-refractivity contribution in [3.05, 3.63) is 18.2 Å². The molecule has 0 bridgehead atoms. The van der Waals surface area contributed by atoms with Crippen molar-refractivity contribution in [2.45, 2.75) is 201 Å². The molecule has 0 aliphatic heterocycles. The van der Waals surface area contributed by atoms with Crippen LogP contribution < -0.4 is 4.57 Å². The molecule has 0 saturated carbocycles. The smallest absolute Gasteiger partial charge is 0.234 e. The third-order valence-corrected chi connectivity index (χ3v) is 8.10. The van der Waals surface area contributed by atoms with Crippen LogP contribution in [0.2, 0.25) is 0 Å². The predicted octanol–water partition coefficient (Wildman–Crippen LogP) is 11.1. The summed E-state index contributed by atoms with van der Waals surface area (Å²) in [6, 6.07) is 0. The second kappa shape index (κ2) is 25.8. The quantitative estimate of drug-likeness (QED) is 0.0794. The minimum absolute atomic E-state index is 1.23. The van der Waals surface area contributed by atoms with Gasteiger partial charge < -0.3 is 0 Å². The minimum atomic E-state index is 1.23. The summed E-state index contributed by atoms with van der Waals surface area (Å²) in [6.07, 6.45) is 41.4. The number of hydrogen-bond donors (Lipinski definition) is 0. The van der Waals surface area contributed by atoms with Gasteiger partial charge in [-0.25, -0.2) is 9.13 Å². The Labute approximate surface area is 228 Å². The first-order valence-electron chi connectivity index (χ1n) is 16.9. The van der Waals surface area contributed by atoms with Crippen LogP contribution in [0, 0.1) is 0 Å². The highest BCUT2D eigenvalue weighted by atomic mass is 15.1. The highest BCUT2D eigenvalue weighted by Gasteiger charge is 2.16. The van der Waals surface area contributed by atoms with E-state index in [9.17, 15) is 0 Å². The molecule has 1 aromatic rings. The fraction of sp³-hybridized carbons (Fsp3) is 0.912. The van der Waals surface area contributed by atoms with Crippen LogP contribution in [0.3, 0.4) is 0 Å². The Hall–Kier alpha value is -0.790. The van der Waals surface area contributed by atoms with Gasteiger partial charge in [0.05, 0.1) is 13.1 Å². The van der Waals surface area contributed by atoms with Crippen molar-refractivity contribution in [1.29, 1.82) is 0 Å². The van der Waals surface area contributed by atoms with Crippen LogP contribution in [0.15, 0.2) is 12.4 Å². The summed E-state index contributed by atoms with van der Waals surface area (Å²) in [7, 11) is 0. The Morgan fingerprint density at radius 1 is 0.472 bits per heavy atom. The molecule has 1 heterocycles.